The lowest BCUT2D eigenvalue weighted by atomic mass is 9.99. The van der Waals surface area contributed by atoms with Gasteiger partial charge in [0.1, 0.15) is 30.5 Å². The second-order valence-electron chi connectivity index (χ2n) is 15.8. The molecule has 1 fully saturated rings. The first-order valence-electron chi connectivity index (χ1n) is 24.0. The van der Waals surface area contributed by atoms with Gasteiger partial charge in [-0.3, -0.25) is 4.79 Å². The molecule has 0 aromatic rings. The zero-order chi connectivity index (χ0) is 45.0. The van der Waals surface area contributed by atoms with E-state index in [0.29, 0.717) is 6.61 Å². The Morgan fingerprint density at radius 2 is 0.935 bits per heavy atom. The van der Waals surface area contributed by atoms with E-state index in [4.69, 9.17) is 18.9 Å². The lowest BCUT2D eigenvalue weighted by Crippen LogP contribution is -2.59. The molecule has 6 atom stereocenters. The predicted molar refractivity (Wildman–Crippen MR) is 256 cm³/mol. The first kappa shape index (κ1) is 56.9. The first-order chi connectivity index (χ1) is 30.4. The number of aliphatic hydroxyl groups excluding tert-OH is 4. The summed E-state index contributed by atoms with van der Waals surface area (Å²) in [5.41, 5.74) is 0. The van der Waals surface area contributed by atoms with E-state index in [0.717, 1.165) is 135 Å². The Hall–Kier alpha value is -3.15. The van der Waals surface area contributed by atoms with Crippen LogP contribution in [0.3, 0.4) is 0 Å². The minimum atomic E-state index is -1.55. The molecule has 0 aromatic heterocycles. The van der Waals surface area contributed by atoms with Gasteiger partial charge in [0.05, 0.1) is 19.8 Å². The Kier molecular flexibility index (Phi) is 39.5. The molecule has 0 aromatic carbocycles. The van der Waals surface area contributed by atoms with E-state index in [-0.39, 0.29) is 25.6 Å². The fraction of sp³-hybridized carbons (Fsp3) is 0.642. The molecule has 1 saturated heterocycles. The second kappa shape index (κ2) is 43.1. The second-order valence-corrected chi connectivity index (χ2v) is 15.8. The van der Waals surface area contributed by atoms with E-state index in [9.17, 15) is 25.2 Å². The van der Waals surface area contributed by atoms with Crippen LogP contribution in [0.2, 0.25) is 0 Å². The Labute approximate surface area is 376 Å². The Morgan fingerprint density at radius 1 is 0.516 bits per heavy atom. The minimum absolute atomic E-state index is 0.116. The fourth-order valence-corrected chi connectivity index (χ4v) is 6.51. The quantitative estimate of drug-likeness (QED) is 0.0271. The summed E-state index contributed by atoms with van der Waals surface area (Å²) in [5.74, 6) is -0.344. The van der Waals surface area contributed by atoms with E-state index in [1.165, 1.54) is 0 Å². The molecule has 4 N–H and O–H groups in total. The van der Waals surface area contributed by atoms with Gasteiger partial charge < -0.3 is 39.4 Å². The standard InChI is InChI=1S/C53H86O9/c1-3-5-7-9-11-13-15-17-19-21-23-24-25-26-28-30-32-34-36-38-40-42-49(55)61-47(46-60-53-52(58)51(57)50(56)48(44-54)62-53)45-59-43-41-39-37-35-33-31-29-27-22-20-18-16-14-12-10-8-6-4-2/h5-8,11-14,17-20,23-24,26-29,47-48,50-54,56-58H,3-4,9-10,15-16,21-22,25,30-46H2,1-2H3/b7-5-,8-6-,13-11-,14-12-,19-17-,20-18-,24-23-,28-26-,29-27-. The van der Waals surface area contributed by atoms with Crippen molar-refractivity contribution >= 4 is 5.97 Å². The third-order valence-electron chi connectivity index (χ3n) is 10.2. The molecule has 0 aliphatic carbocycles. The summed E-state index contributed by atoms with van der Waals surface area (Å²) in [6, 6.07) is 0. The number of carbonyl (C=O) groups is 1. The molecule has 1 aliphatic heterocycles. The van der Waals surface area contributed by atoms with Crippen molar-refractivity contribution < 1.29 is 44.2 Å². The molecule has 0 bridgehead atoms. The number of esters is 1. The van der Waals surface area contributed by atoms with Gasteiger partial charge in [0.2, 0.25) is 0 Å². The molecule has 1 aliphatic rings. The molecule has 0 saturated carbocycles. The highest BCUT2D eigenvalue weighted by Crippen LogP contribution is 2.22. The average Bonchev–Trinajstić information content (AvgIpc) is 3.27. The number of ether oxygens (including phenoxy) is 4. The Balaban J connectivity index is 2.29. The topological polar surface area (TPSA) is 135 Å². The Bertz CT molecular complexity index is 1310. The monoisotopic (exact) mass is 867 g/mol. The summed E-state index contributed by atoms with van der Waals surface area (Å²) in [4.78, 5) is 12.8. The van der Waals surface area contributed by atoms with Gasteiger partial charge in [0.15, 0.2) is 6.29 Å². The molecule has 0 radical (unpaired) electrons. The summed E-state index contributed by atoms with van der Waals surface area (Å²) in [7, 11) is 0. The molecular formula is C53H86O9. The van der Waals surface area contributed by atoms with E-state index in [1.807, 2.05) is 0 Å². The van der Waals surface area contributed by atoms with Gasteiger partial charge in [0, 0.05) is 13.0 Å². The van der Waals surface area contributed by atoms with Crippen molar-refractivity contribution in [1.82, 2.24) is 0 Å². The SMILES string of the molecule is CC/C=C\C/C=C\C/C=C\C/C=C\C/C=C\CCCCCCCC(=O)OC(COCCCCCCC/C=C\C/C=C\C/C=C\C/C=C\CC)COC1OC(CO)C(O)C(O)C1O. The number of allylic oxidation sites excluding steroid dienone is 18. The molecule has 1 rings (SSSR count). The van der Waals surface area contributed by atoms with Gasteiger partial charge in [-0.25, -0.2) is 0 Å². The zero-order valence-corrected chi connectivity index (χ0v) is 38.6. The lowest BCUT2D eigenvalue weighted by Gasteiger charge is -2.39. The summed E-state index contributed by atoms with van der Waals surface area (Å²) < 4.78 is 22.8. The number of rotatable bonds is 39. The fourth-order valence-electron chi connectivity index (χ4n) is 6.51. The van der Waals surface area contributed by atoms with Crippen LogP contribution in [0, 0.1) is 0 Å². The molecule has 0 spiro atoms. The number of carbonyl (C=O) groups excluding carboxylic acids is 1. The van der Waals surface area contributed by atoms with Crippen molar-refractivity contribution in [3.05, 3.63) is 109 Å². The van der Waals surface area contributed by atoms with E-state index in [1.54, 1.807) is 0 Å². The van der Waals surface area contributed by atoms with Crippen molar-refractivity contribution in [1.29, 1.82) is 0 Å². The van der Waals surface area contributed by atoms with E-state index in [2.05, 4.69) is 123 Å². The lowest BCUT2D eigenvalue weighted by molar-refractivity contribution is -0.305. The van der Waals surface area contributed by atoms with Gasteiger partial charge >= 0.3 is 5.97 Å². The van der Waals surface area contributed by atoms with Crippen LogP contribution in [0.1, 0.15) is 155 Å². The molecule has 1 heterocycles. The molecule has 9 nitrogen and oxygen atoms in total. The highest BCUT2D eigenvalue weighted by atomic mass is 16.7. The zero-order valence-electron chi connectivity index (χ0n) is 38.6. The minimum Gasteiger partial charge on any atom is -0.457 e. The highest BCUT2D eigenvalue weighted by Gasteiger charge is 2.44. The number of hydrogen-bond acceptors (Lipinski definition) is 9. The van der Waals surface area contributed by atoms with E-state index < -0.39 is 43.4 Å². The van der Waals surface area contributed by atoms with Crippen molar-refractivity contribution in [3.8, 4) is 0 Å². The third kappa shape index (κ3) is 33.4. The molecule has 0 amide bonds. The molecular weight excluding hydrogens is 781 g/mol. The average molecular weight is 867 g/mol. The highest BCUT2D eigenvalue weighted by molar-refractivity contribution is 5.69. The van der Waals surface area contributed by atoms with E-state index >= 15 is 0 Å². The number of aliphatic hydroxyl groups is 4. The third-order valence-corrected chi connectivity index (χ3v) is 10.2. The summed E-state index contributed by atoms with van der Waals surface area (Å²) >= 11 is 0. The summed E-state index contributed by atoms with van der Waals surface area (Å²) in [6.07, 6.45) is 53.9. The van der Waals surface area contributed by atoms with Crippen molar-refractivity contribution in [2.24, 2.45) is 0 Å². The van der Waals surface area contributed by atoms with Crippen LogP contribution in [0.15, 0.2) is 109 Å². The summed E-state index contributed by atoms with van der Waals surface area (Å²) in [5, 5.41) is 40.2. The number of hydrogen-bond donors (Lipinski definition) is 4. The van der Waals surface area contributed by atoms with Crippen molar-refractivity contribution in [2.75, 3.05) is 26.4 Å². The van der Waals surface area contributed by atoms with Crippen molar-refractivity contribution in [3.63, 3.8) is 0 Å². The largest absolute Gasteiger partial charge is 0.457 e. The molecule has 9 heteroatoms. The normalized spacial score (nSPS) is 20.8. The molecule has 352 valence electrons. The van der Waals surface area contributed by atoms with Crippen LogP contribution in [0.4, 0.5) is 0 Å². The van der Waals surface area contributed by atoms with Crippen molar-refractivity contribution in [2.45, 2.75) is 192 Å². The van der Waals surface area contributed by atoms with Crippen LogP contribution < -0.4 is 0 Å². The van der Waals surface area contributed by atoms with Crippen LogP contribution >= 0.6 is 0 Å². The number of unbranched alkanes of at least 4 members (excludes halogenated alkanes) is 10. The van der Waals surface area contributed by atoms with Gasteiger partial charge in [-0.2, -0.15) is 0 Å². The van der Waals surface area contributed by atoms with Gasteiger partial charge in [0.25, 0.3) is 0 Å². The van der Waals surface area contributed by atoms with Gasteiger partial charge in [-0.15, -0.1) is 0 Å². The first-order valence-corrected chi connectivity index (χ1v) is 24.0. The maximum Gasteiger partial charge on any atom is 0.306 e. The van der Waals surface area contributed by atoms with Crippen LogP contribution in [0.5, 0.6) is 0 Å². The molecule has 62 heavy (non-hydrogen) atoms. The van der Waals surface area contributed by atoms with Gasteiger partial charge in [-0.05, 0) is 96.3 Å². The van der Waals surface area contributed by atoms with Crippen LogP contribution in [-0.2, 0) is 23.7 Å². The Morgan fingerprint density at radius 3 is 1.40 bits per heavy atom. The van der Waals surface area contributed by atoms with Gasteiger partial charge in [-0.1, -0.05) is 162 Å². The van der Waals surface area contributed by atoms with Crippen LogP contribution in [-0.4, -0.2) is 89.6 Å². The smallest absolute Gasteiger partial charge is 0.306 e. The summed E-state index contributed by atoms with van der Waals surface area (Å²) in [6.45, 7) is 4.24. The van der Waals surface area contributed by atoms with Crippen LogP contribution in [0.25, 0.3) is 0 Å². The maximum atomic E-state index is 12.8. The predicted octanol–water partition coefficient (Wildman–Crippen LogP) is 11.4. The molecule has 6 unspecified atom stereocenters. The maximum absolute atomic E-state index is 12.8.